The van der Waals surface area contributed by atoms with Crippen LogP contribution in [0.1, 0.15) is 25.8 Å². The minimum atomic E-state index is -0.131. The lowest BCUT2D eigenvalue weighted by molar-refractivity contribution is 0.593. The highest BCUT2D eigenvalue weighted by molar-refractivity contribution is 7.98. The summed E-state index contributed by atoms with van der Waals surface area (Å²) in [7, 11) is 1.98. The van der Waals surface area contributed by atoms with E-state index in [0.717, 1.165) is 30.0 Å². The first-order valence-corrected chi connectivity index (χ1v) is 8.21. The highest BCUT2D eigenvalue weighted by Gasteiger charge is 2.17. The van der Waals surface area contributed by atoms with Gasteiger partial charge in [0.15, 0.2) is 0 Å². The van der Waals surface area contributed by atoms with Crippen molar-refractivity contribution in [1.82, 2.24) is 5.32 Å². The predicted octanol–water partition coefficient (Wildman–Crippen LogP) is 3.51. The molecular formula is C15H25FN2S. The number of benzene rings is 1. The van der Waals surface area contributed by atoms with E-state index in [-0.39, 0.29) is 5.82 Å². The van der Waals surface area contributed by atoms with Crippen molar-refractivity contribution in [2.75, 3.05) is 30.5 Å². The standard InChI is InChI=1S/C15H25FN2S/c1-5-17-11-13-7-6-8-14(16)15(13)18(3)12(2)9-10-19-4/h6-8,12,17H,5,9-11H2,1-4H3. The molecule has 0 radical (unpaired) electrons. The summed E-state index contributed by atoms with van der Waals surface area (Å²) in [6, 6.07) is 5.66. The first kappa shape index (κ1) is 16.3. The van der Waals surface area contributed by atoms with Crippen LogP contribution in [0.2, 0.25) is 0 Å². The number of hydrogen-bond acceptors (Lipinski definition) is 3. The van der Waals surface area contributed by atoms with E-state index in [1.54, 1.807) is 12.1 Å². The maximum atomic E-state index is 14.1. The maximum Gasteiger partial charge on any atom is 0.146 e. The average molecular weight is 284 g/mol. The van der Waals surface area contributed by atoms with Crippen molar-refractivity contribution >= 4 is 17.4 Å². The van der Waals surface area contributed by atoms with Crippen molar-refractivity contribution in [3.8, 4) is 0 Å². The lowest BCUT2D eigenvalue weighted by atomic mass is 10.1. The molecule has 1 rings (SSSR count). The normalized spacial score (nSPS) is 12.5. The zero-order valence-electron chi connectivity index (χ0n) is 12.4. The van der Waals surface area contributed by atoms with Crippen LogP contribution < -0.4 is 10.2 Å². The van der Waals surface area contributed by atoms with Crippen LogP contribution in [0, 0.1) is 5.82 Å². The minimum absolute atomic E-state index is 0.131. The molecule has 0 fully saturated rings. The van der Waals surface area contributed by atoms with Crippen LogP contribution in [0.4, 0.5) is 10.1 Å². The topological polar surface area (TPSA) is 15.3 Å². The molecule has 1 atom stereocenters. The second kappa shape index (κ2) is 8.43. The lowest BCUT2D eigenvalue weighted by Gasteiger charge is -2.29. The molecule has 0 saturated carbocycles. The van der Waals surface area contributed by atoms with Gasteiger partial charge in [-0.05, 0) is 43.5 Å². The molecule has 1 unspecified atom stereocenters. The highest BCUT2D eigenvalue weighted by Crippen LogP contribution is 2.26. The predicted molar refractivity (Wildman–Crippen MR) is 84.6 cm³/mol. The Labute approximate surface area is 120 Å². The van der Waals surface area contributed by atoms with Gasteiger partial charge in [-0.2, -0.15) is 11.8 Å². The van der Waals surface area contributed by atoms with Gasteiger partial charge in [-0.1, -0.05) is 19.1 Å². The third-order valence-corrected chi connectivity index (χ3v) is 4.03. The number of para-hydroxylation sites is 1. The molecule has 1 aromatic carbocycles. The molecule has 0 aliphatic carbocycles. The molecule has 0 amide bonds. The van der Waals surface area contributed by atoms with E-state index in [9.17, 15) is 4.39 Å². The van der Waals surface area contributed by atoms with Gasteiger partial charge < -0.3 is 10.2 Å². The van der Waals surface area contributed by atoms with Crippen LogP contribution in [0.5, 0.6) is 0 Å². The zero-order valence-corrected chi connectivity index (χ0v) is 13.2. The first-order chi connectivity index (χ1) is 9.11. The van der Waals surface area contributed by atoms with Gasteiger partial charge in [-0.25, -0.2) is 4.39 Å². The summed E-state index contributed by atoms with van der Waals surface area (Å²) in [4.78, 5) is 2.07. The maximum absolute atomic E-state index is 14.1. The molecule has 19 heavy (non-hydrogen) atoms. The Morgan fingerprint density at radius 1 is 1.42 bits per heavy atom. The number of nitrogens with zero attached hydrogens (tertiary/aromatic N) is 1. The smallest absolute Gasteiger partial charge is 0.146 e. The fourth-order valence-corrected chi connectivity index (χ4v) is 2.64. The quantitative estimate of drug-likeness (QED) is 0.786. The van der Waals surface area contributed by atoms with Gasteiger partial charge in [0.2, 0.25) is 0 Å². The van der Waals surface area contributed by atoms with Crippen molar-refractivity contribution in [3.05, 3.63) is 29.6 Å². The Hall–Kier alpha value is -0.740. The van der Waals surface area contributed by atoms with Crippen LogP contribution >= 0.6 is 11.8 Å². The molecule has 0 heterocycles. The van der Waals surface area contributed by atoms with Crippen LogP contribution in [0.3, 0.4) is 0 Å². The Morgan fingerprint density at radius 3 is 2.79 bits per heavy atom. The number of nitrogens with one attached hydrogen (secondary N) is 1. The lowest BCUT2D eigenvalue weighted by Crippen LogP contribution is -2.31. The van der Waals surface area contributed by atoms with Gasteiger partial charge in [0.25, 0.3) is 0 Å². The molecule has 0 bridgehead atoms. The van der Waals surface area contributed by atoms with Crippen molar-refractivity contribution in [2.45, 2.75) is 32.9 Å². The summed E-state index contributed by atoms with van der Waals surface area (Å²) in [5.74, 6) is 0.969. The van der Waals surface area contributed by atoms with E-state index >= 15 is 0 Å². The zero-order chi connectivity index (χ0) is 14.3. The molecule has 0 aliphatic heterocycles. The fraction of sp³-hybridized carbons (Fsp3) is 0.600. The third-order valence-electron chi connectivity index (χ3n) is 3.39. The average Bonchev–Trinajstić information content (AvgIpc) is 2.41. The summed E-state index contributed by atoms with van der Waals surface area (Å²) in [6.45, 7) is 5.81. The van der Waals surface area contributed by atoms with Crippen molar-refractivity contribution in [2.24, 2.45) is 0 Å². The summed E-state index contributed by atoms with van der Waals surface area (Å²) < 4.78 is 14.1. The second-order valence-electron chi connectivity index (χ2n) is 4.77. The summed E-state index contributed by atoms with van der Waals surface area (Å²) >= 11 is 1.83. The first-order valence-electron chi connectivity index (χ1n) is 6.81. The number of anilines is 1. The van der Waals surface area contributed by atoms with Crippen LogP contribution in [-0.2, 0) is 6.54 Å². The van der Waals surface area contributed by atoms with Crippen LogP contribution in [-0.4, -0.2) is 31.6 Å². The van der Waals surface area contributed by atoms with Gasteiger partial charge in [0.1, 0.15) is 5.82 Å². The molecule has 108 valence electrons. The molecular weight excluding hydrogens is 259 g/mol. The Balaban J connectivity index is 2.89. The van der Waals surface area contributed by atoms with E-state index in [0.29, 0.717) is 12.6 Å². The molecule has 0 aromatic heterocycles. The van der Waals surface area contributed by atoms with Crippen LogP contribution in [0.25, 0.3) is 0 Å². The molecule has 1 N–H and O–H groups in total. The van der Waals surface area contributed by atoms with Crippen molar-refractivity contribution < 1.29 is 4.39 Å². The monoisotopic (exact) mass is 284 g/mol. The van der Waals surface area contributed by atoms with Gasteiger partial charge in [0.05, 0.1) is 5.69 Å². The summed E-state index contributed by atoms with van der Waals surface area (Å²) in [6.07, 6.45) is 3.17. The van der Waals surface area contributed by atoms with E-state index in [1.807, 2.05) is 24.9 Å². The summed E-state index contributed by atoms with van der Waals surface area (Å²) in [5, 5.41) is 3.27. The van der Waals surface area contributed by atoms with Gasteiger partial charge in [-0.3, -0.25) is 0 Å². The number of thioether (sulfide) groups is 1. The molecule has 4 heteroatoms. The van der Waals surface area contributed by atoms with E-state index in [2.05, 4.69) is 30.3 Å². The number of rotatable bonds is 8. The molecule has 2 nitrogen and oxygen atoms in total. The Bertz CT molecular complexity index is 384. The number of halogens is 1. The largest absolute Gasteiger partial charge is 0.369 e. The van der Waals surface area contributed by atoms with Gasteiger partial charge >= 0.3 is 0 Å². The fourth-order valence-electron chi connectivity index (χ4n) is 2.06. The van der Waals surface area contributed by atoms with Gasteiger partial charge in [-0.15, -0.1) is 0 Å². The molecule has 0 saturated heterocycles. The third kappa shape index (κ3) is 4.69. The second-order valence-corrected chi connectivity index (χ2v) is 5.75. The Morgan fingerprint density at radius 2 is 2.16 bits per heavy atom. The minimum Gasteiger partial charge on any atom is -0.369 e. The SMILES string of the molecule is CCNCc1cccc(F)c1N(C)C(C)CCSC. The van der Waals surface area contributed by atoms with Crippen LogP contribution in [0.15, 0.2) is 18.2 Å². The molecule has 1 aromatic rings. The number of hydrogen-bond donors (Lipinski definition) is 1. The molecule has 0 spiro atoms. The summed E-state index contributed by atoms with van der Waals surface area (Å²) in [5.41, 5.74) is 1.76. The highest BCUT2D eigenvalue weighted by atomic mass is 32.2. The molecule has 0 aliphatic rings. The van der Waals surface area contributed by atoms with Crippen molar-refractivity contribution in [3.63, 3.8) is 0 Å². The van der Waals surface area contributed by atoms with E-state index in [4.69, 9.17) is 0 Å². The van der Waals surface area contributed by atoms with Gasteiger partial charge in [0, 0.05) is 19.6 Å². The van der Waals surface area contributed by atoms with Crippen molar-refractivity contribution in [1.29, 1.82) is 0 Å². The van der Waals surface area contributed by atoms with E-state index < -0.39 is 0 Å². The Kier molecular flexibility index (Phi) is 7.24. The van der Waals surface area contributed by atoms with E-state index in [1.165, 1.54) is 0 Å².